The van der Waals surface area contributed by atoms with Crippen LogP contribution in [0, 0.1) is 0 Å². The maximum atomic E-state index is 8.81. The highest BCUT2D eigenvalue weighted by Crippen LogP contribution is 1.85. The molecule has 0 fully saturated rings. The molecule has 0 aliphatic heterocycles. The van der Waals surface area contributed by atoms with Crippen LogP contribution in [0.4, 0.5) is 0 Å². The van der Waals surface area contributed by atoms with Crippen molar-refractivity contribution in [1.29, 1.82) is 0 Å². The molecule has 0 saturated carbocycles. The largest absolute Gasteiger partial charge is 0.393 e. The maximum absolute atomic E-state index is 8.81. The molecular weight excluding hydrogens is 116 g/mol. The van der Waals surface area contributed by atoms with E-state index < -0.39 is 0 Å². The summed E-state index contributed by atoms with van der Waals surface area (Å²) in [5.41, 5.74) is 3.05. The first-order chi connectivity index (χ1) is 4.13. The first-order valence-electron chi connectivity index (χ1n) is 3.22. The van der Waals surface area contributed by atoms with Crippen LogP contribution < -0.4 is 5.43 Å². The highest BCUT2D eigenvalue weighted by molar-refractivity contribution is 4.47. The Morgan fingerprint density at radius 2 is 2.11 bits per heavy atom. The summed E-state index contributed by atoms with van der Waals surface area (Å²) in [5.74, 6) is 0. The lowest BCUT2D eigenvalue weighted by atomic mass is 10.3. The number of nitrogens with zero attached hydrogens (tertiary/aromatic N) is 1. The zero-order valence-corrected chi connectivity index (χ0v) is 6.39. The van der Waals surface area contributed by atoms with Crippen LogP contribution in [0.15, 0.2) is 0 Å². The number of hydrazine groups is 1. The summed E-state index contributed by atoms with van der Waals surface area (Å²) in [7, 11) is 3.87. The summed E-state index contributed by atoms with van der Waals surface area (Å²) in [6.07, 6.45) is 0.607. The van der Waals surface area contributed by atoms with Crippen molar-refractivity contribution in [2.75, 3.05) is 20.6 Å². The smallest absolute Gasteiger partial charge is 0.0524 e. The van der Waals surface area contributed by atoms with Gasteiger partial charge in [0.15, 0.2) is 0 Å². The Morgan fingerprint density at radius 3 is 2.44 bits per heavy atom. The van der Waals surface area contributed by atoms with Gasteiger partial charge < -0.3 is 5.11 Å². The molecule has 1 atom stereocenters. The Labute approximate surface area is 56.6 Å². The van der Waals surface area contributed by atoms with Gasteiger partial charge >= 0.3 is 0 Å². The van der Waals surface area contributed by atoms with Crippen LogP contribution >= 0.6 is 0 Å². The molecule has 0 spiro atoms. The van der Waals surface area contributed by atoms with Gasteiger partial charge in [-0.2, -0.15) is 0 Å². The quantitative estimate of drug-likeness (QED) is 0.521. The van der Waals surface area contributed by atoms with Gasteiger partial charge in [-0.3, -0.25) is 10.4 Å². The summed E-state index contributed by atoms with van der Waals surface area (Å²) in [4.78, 5) is 0. The molecule has 2 N–H and O–H groups in total. The molecule has 3 heteroatoms. The zero-order valence-electron chi connectivity index (χ0n) is 6.39. The first-order valence-corrected chi connectivity index (χ1v) is 3.22. The summed E-state index contributed by atoms with van der Waals surface area (Å²) in [6, 6.07) is 0. The van der Waals surface area contributed by atoms with E-state index in [1.807, 2.05) is 19.1 Å². The molecule has 0 radical (unpaired) electrons. The monoisotopic (exact) mass is 132 g/mol. The molecule has 0 rings (SSSR count). The molecule has 0 aromatic carbocycles. The van der Waals surface area contributed by atoms with E-state index in [0.29, 0.717) is 0 Å². The lowest BCUT2D eigenvalue weighted by Crippen LogP contribution is -2.32. The van der Waals surface area contributed by atoms with Crippen LogP contribution in [-0.2, 0) is 0 Å². The molecule has 0 aliphatic carbocycles. The van der Waals surface area contributed by atoms with Crippen molar-refractivity contribution >= 4 is 0 Å². The number of hydrogen-bond donors (Lipinski definition) is 2. The van der Waals surface area contributed by atoms with Gasteiger partial charge in [0, 0.05) is 20.6 Å². The maximum Gasteiger partial charge on any atom is 0.0524 e. The number of aliphatic hydroxyl groups excluding tert-OH is 1. The van der Waals surface area contributed by atoms with Crippen LogP contribution in [0.1, 0.15) is 13.3 Å². The highest BCUT2D eigenvalue weighted by Gasteiger charge is 1.93. The minimum Gasteiger partial charge on any atom is -0.393 e. The van der Waals surface area contributed by atoms with E-state index in [9.17, 15) is 0 Å². The number of rotatable bonds is 4. The second-order valence-corrected chi connectivity index (χ2v) is 2.44. The molecule has 0 bridgehead atoms. The van der Waals surface area contributed by atoms with Gasteiger partial charge in [-0.25, -0.2) is 0 Å². The summed E-state index contributed by atoms with van der Waals surface area (Å²) < 4.78 is 0. The summed E-state index contributed by atoms with van der Waals surface area (Å²) in [5, 5.41) is 10.7. The van der Waals surface area contributed by atoms with Crippen LogP contribution in [0.5, 0.6) is 0 Å². The molecule has 9 heavy (non-hydrogen) atoms. The predicted octanol–water partition coefficient (Wildman–Crippen LogP) is -0.177. The van der Waals surface area contributed by atoms with Gasteiger partial charge in [0.05, 0.1) is 6.10 Å². The number of nitrogens with one attached hydrogen (secondary N) is 1. The number of hydrogen-bond acceptors (Lipinski definition) is 3. The molecule has 0 amide bonds. The van der Waals surface area contributed by atoms with Crippen LogP contribution in [0.3, 0.4) is 0 Å². The number of aliphatic hydroxyl groups is 1. The molecule has 56 valence electrons. The lowest BCUT2D eigenvalue weighted by Gasteiger charge is -2.11. The molecule has 1 unspecified atom stereocenters. The third kappa shape index (κ3) is 7.88. The SMILES string of the molecule is CC(O)CCNN(C)C. The van der Waals surface area contributed by atoms with Crippen LogP contribution in [0.2, 0.25) is 0 Å². The molecule has 0 aromatic rings. The minimum absolute atomic E-state index is 0.197. The van der Waals surface area contributed by atoms with Crippen molar-refractivity contribution < 1.29 is 5.11 Å². The van der Waals surface area contributed by atoms with Crippen molar-refractivity contribution in [3.05, 3.63) is 0 Å². The molecule has 0 aliphatic rings. The predicted molar refractivity (Wildman–Crippen MR) is 38.0 cm³/mol. The Hall–Kier alpha value is -0.120. The minimum atomic E-state index is -0.197. The summed E-state index contributed by atoms with van der Waals surface area (Å²) >= 11 is 0. The molecule has 0 aromatic heterocycles. The van der Waals surface area contributed by atoms with Gasteiger partial charge in [0.2, 0.25) is 0 Å². The van der Waals surface area contributed by atoms with E-state index in [4.69, 9.17) is 5.11 Å². The standard InChI is InChI=1S/C6H16N2O/c1-6(9)4-5-7-8(2)3/h6-7,9H,4-5H2,1-3H3. The fourth-order valence-electron chi connectivity index (χ4n) is 0.497. The van der Waals surface area contributed by atoms with Gasteiger partial charge in [0.25, 0.3) is 0 Å². The fourth-order valence-corrected chi connectivity index (χ4v) is 0.497. The Bertz CT molecular complexity index is 56.1. The average molecular weight is 132 g/mol. The van der Waals surface area contributed by atoms with E-state index in [1.165, 1.54) is 0 Å². The van der Waals surface area contributed by atoms with Crippen molar-refractivity contribution in [3.8, 4) is 0 Å². The molecule has 0 saturated heterocycles. The highest BCUT2D eigenvalue weighted by atomic mass is 16.3. The van der Waals surface area contributed by atoms with Crippen molar-refractivity contribution in [2.24, 2.45) is 0 Å². The van der Waals surface area contributed by atoms with Gasteiger partial charge in [-0.15, -0.1) is 0 Å². The van der Waals surface area contributed by atoms with E-state index in [1.54, 1.807) is 6.92 Å². The Kier molecular flexibility index (Phi) is 4.67. The van der Waals surface area contributed by atoms with Crippen LogP contribution in [0.25, 0.3) is 0 Å². The molecule has 3 nitrogen and oxygen atoms in total. The normalized spacial score (nSPS) is 14.3. The Balaban J connectivity index is 2.91. The third-order valence-electron chi connectivity index (χ3n) is 0.990. The van der Waals surface area contributed by atoms with Gasteiger partial charge in [0.1, 0.15) is 0 Å². The van der Waals surface area contributed by atoms with E-state index >= 15 is 0 Å². The third-order valence-corrected chi connectivity index (χ3v) is 0.990. The van der Waals surface area contributed by atoms with Crippen molar-refractivity contribution in [2.45, 2.75) is 19.4 Å². The molecule has 0 heterocycles. The lowest BCUT2D eigenvalue weighted by molar-refractivity contribution is 0.170. The zero-order chi connectivity index (χ0) is 7.28. The average Bonchev–Trinajstić information content (AvgIpc) is 1.63. The fraction of sp³-hybridized carbons (Fsp3) is 1.00. The van der Waals surface area contributed by atoms with E-state index in [-0.39, 0.29) is 6.10 Å². The molecular formula is C6H16N2O. The first kappa shape index (κ1) is 8.88. The van der Waals surface area contributed by atoms with E-state index in [2.05, 4.69) is 5.43 Å². The van der Waals surface area contributed by atoms with Crippen molar-refractivity contribution in [3.63, 3.8) is 0 Å². The van der Waals surface area contributed by atoms with Gasteiger partial charge in [-0.1, -0.05) is 0 Å². The van der Waals surface area contributed by atoms with Gasteiger partial charge in [-0.05, 0) is 13.3 Å². The van der Waals surface area contributed by atoms with E-state index in [0.717, 1.165) is 13.0 Å². The van der Waals surface area contributed by atoms with Crippen LogP contribution in [-0.4, -0.2) is 36.9 Å². The summed E-state index contributed by atoms with van der Waals surface area (Å²) in [6.45, 7) is 2.63. The second kappa shape index (κ2) is 4.73. The second-order valence-electron chi connectivity index (χ2n) is 2.44. The Morgan fingerprint density at radius 1 is 1.56 bits per heavy atom. The van der Waals surface area contributed by atoms with Crippen molar-refractivity contribution in [1.82, 2.24) is 10.4 Å². The topological polar surface area (TPSA) is 35.5 Å².